The van der Waals surface area contributed by atoms with Crippen LogP contribution in [0.1, 0.15) is 18.5 Å². The van der Waals surface area contributed by atoms with E-state index in [4.69, 9.17) is 0 Å². The highest BCUT2D eigenvalue weighted by atomic mass is 32.1. The van der Waals surface area contributed by atoms with E-state index in [1.165, 1.54) is 15.9 Å². The average molecular weight is 313 g/mol. The summed E-state index contributed by atoms with van der Waals surface area (Å²) < 4.78 is 2.03. The maximum absolute atomic E-state index is 9.61. The first-order valence-electron chi connectivity index (χ1n) is 7.68. The Morgan fingerprint density at radius 1 is 1.09 bits per heavy atom. The smallest absolute Gasteiger partial charge is 0.127 e. The van der Waals surface area contributed by atoms with Crippen LogP contribution < -0.4 is 4.90 Å². The van der Waals surface area contributed by atoms with Crippen LogP contribution in [0, 0.1) is 6.92 Å². The first kappa shape index (κ1) is 13.8. The van der Waals surface area contributed by atoms with Gasteiger partial charge in [-0.2, -0.15) is 5.10 Å². The van der Waals surface area contributed by atoms with Crippen molar-refractivity contribution in [2.24, 2.45) is 0 Å². The molecule has 1 fully saturated rings. The fourth-order valence-corrected chi connectivity index (χ4v) is 4.02. The molecule has 0 amide bonds. The largest absolute Gasteiger partial charge is 0.393 e. The van der Waals surface area contributed by atoms with Gasteiger partial charge in [-0.1, -0.05) is 0 Å². The number of nitrogens with zero attached hydrogens (tertiary/aromatic N) is 3. The molecule has 3 aromatic rings. The topological polar surface area (TPSA) is 41.3 Å². The second kappa shape index (κ2) is 5.41. The highest BCUT2D eigenvalue weighted by molar-refractivity contribution is 7.16. The minimum absolute atomic E-state index is 0.130. The molecule has 1 N–H and O–H groups in total. The molecule has 0 spiro atoms. The van der Waals surface area contributed by atoms with Crippen LogP contribution in [0.4, 0.5) is 5.69 Å². The van der Waals surface area contributed by atoms with Crippen molar-refractivity contribution in [2.45, 2.75) is 25.9 Å². The molecule has 0 saturated carbocycles. The third kappa shape index (κ3) is 2.30. The van der Waals surface area contributed by atoms with Crippen LogP contribution in [0.15, 0.2) is 35.7 Å². The van der Waals surface area contributed by atoms with Crippen molar-refractivity contribution in [3.63, 3.8) is 0 Å². The molecule has 3 heterocycles. The Labute approximate surface area is 133 Å². The molecule has 22 heavy (non-hydrogen) atoms. The molecule has 0 atom stereocenters. The predicted molar refractivity (Wildman–Crippen MR) is 91.1 cm³/mol. The number of rotatable bonds is 2. The Kier molecular flexibility index (Phi) is 3.39. The van der Waals surface area contributed by atoms with Crippen molar-refractivity contribution in [2.75, 3.05) is 18.0 Å². The number of anilines is 1. The average Bonchev–Trinajstić information content (AvgIpc) is 3.13. The SMILES string of the molecule is Cc1nn(-c2ccc(N3CCC(O)CC3)cc2)c2sccc12. The molecule has 0 aliphatic carbocycles. The number of hydrogen-bond donors (Lipinski definition) is 1. The lowest BCUT2D eigenvalue weighted by Crippen LogP contribution is -2.35. The van der Waals surface area contributed by atoms with Crippen LogP contribution >= 0.6 is 11.3 Å². The van der Waals surface area contributed by atoms with E-state index in [2.05, 4.69) is 52.6 Å². The number of aryl methyl sites for hydroxylation is 1. The maximum Gasteiger partial charge on any atom is 0.127 e. The summed E-state index contributed by atoms with van der Waals surface area (Å²) in [7, 11) is 0. The van der Waals surface area contributed by atoms with Gasteiger partial charge in [0.05, 0.1) is 17.5 Å². The Bertz CT molecular complexity index is 782. The van der Waals surface area contributed by atoms with E-state index in [-0.39, 0.29) is 6.10 Å². The molecular formula is C17H19N3OS. The molecule has 4 nitrogen and oxygen atoms in total. The molecule has 4 rings (SSSR count). The molecular weight excluding hydrogens is 294 g/mol. The van der Waals surface area contributed by atoms with Crippen molar-refractivity contribution in [1.82, 2.24) is 9.78 Å². The van der Waals surface area contributed by atoms with Crippen LogP contribution in [-0.2, 0) is 0 Å². The number of benzene rings is 1. The molecule has 1 aliphatic rings. The number of aromatic nitrogens is 2. The van der Waals surface area contributed by atoms with Gasteiger partial charge in [-0.05, 0) is 55.5 Å². The zero-order valence-electron chi connectivity index (χ0n) is 12.6. The number of aliphatic hydroxyl groups is 1. The van der Waals surface area contributed by atoms with Crippen LogP contribution in [-0.4, -0.2) is 34.1 Å². The number of piperidine rings is 1. The number of aliphatic hydroxyl groups excluding tert-OH is 1. The first-order valence-corrected chi connectivity index (χ1v) is 8.56. The summed E-state index contributed by atoms with van der Waals surface area (Å²) in [6.45, 7) is 3.91. The lowest BCUT2D eigenvalue weighted by molar-refractivity contribution is 0.145. The fraction of sp³-hybridized carbons (Fsp3) is 0.353. The van der Waals surface area contributed by atoms with Crippen LogP contribution in [0.25, 0.3) is 15.9 Å². The second-order valence-electron chi connectivity index (χ2n) is 5.87. The van der Waals surface area contributed by atoms with Crippen molar-refractivity contribution < 1.29 is 5.11 Å². The summed E-state index contributed by atoms with van der Waals surface area (Å²) in [5.74, 6) is 0. The molecule has 5 heteroatoms. The van der Waals surface area contributed by atoms with E-state index < -0.39 is 0 Å². The summed E-state index contributed by atoms with van der Waals surface area (Å²) in [5, 5.41) is 17.6. The van der Waals surface area contributed by atoms with Gasteiger partial charge in [0.15, 0.2) is 0 Å². The third-order valence-corrected chi connectivity index (χ3v) is 5.29. The third-order valence-electron chi connectivity index (χ3n) is 4.40. The fourth-order valence-electron chi connectivity index (χ4n) is 3.09. The molecule has 0 radical (unpaired) electrons. The Hall–Kier alpha value is -1.85. The summed E-state index contributed by atoms with van der Waals surface area (Å²) in [6.07, 6.45) is 1.58. The second-order valence-corrected chi connectivity index (χ2v) is 6.77. The molecule has 1 saturated heterocycles. The monoisotopic (exact) mass is 313 g/mol. The number of fused-ring (bicyclic) bond motifs is 1. The standard InChI is InChI=1S/C17H19N3OS/c1-12-16-8-11-22-17(16)20(18-12)14-4-2-13(3-5-14)19-9-6-15(21)7-10-19/h2-5,8,11,15,21H,6-7,9-10H2,1H3. The molecule has 0 unspecified atom stereocenters. The van der Waals surface area contributed by atoms with E-state index >= 15 is 0 Å². The molecule has 2 aromatic heterocycles. The summed E-state index contributed by atoms with van der Waals surface area (Å²) in [6, 6.07) is 10.7. The van der Waals surface area contributed by atoms with E-state index in [0.717, 1.165) is 37.3 Å². The van der Waals surface area contributed by atoms with E-state index in [1.807, 2.05) is 4.68 Å². The van der Waals surface area contributed by atoms with Crippen molar-refractivity contribution >= 4 is 27.2 Å². The van der Waals surface area contributed by atoms with Gasteiger partial charge >= 0.3 is 0 Å². The van der Waals surface area contributed by atoms with Crippen molar-refractivity contribution in [1.29, 1.82) is 0 Å². The first-order chi connectivity index (χ1) is 10.7. The zero-order valence-corrected chi connectivity index (χ0v) is 13.4. The molecule has 114 valence electrons. The van der Waals surface area contributed by atoms with Gasteiger partial charge in [0.1, 0.15) is 4.83 Å². The zero-order chi connectivity index (χ0) is 15.1. The lowest BCUT2D eigenvalue weighted by atomic mass is 10.1. The van der Waals surface area contributed by atoms with Crippen molar-refractivity contribution in [3.05, 3.63) is 41.4 Å². The summed E-state index contributed by atoms with van der Waals surface area (Å²) in [4.78, 5) is 3.54. The molecule has 0 bridgehead atoms. The van der Waals surface area contributed by atoms with Gasteiger partial charge < -0.3 is 10.0 Å². The van der Waals surface area contributed by atoms with E-state index in [9.17, 15) is 5.11 Å². The van der Waals surface area contributed by atoms with Crippen LogP contribution in [0.3, 0.4) is 0 Å². The maximum atomic E-state index is 9.61. The normalized spacial score (nSPS) is 16.5. The Morgan fingerprint density at radius 3 is 2.50 bits per heavy atom. The highest BCUT2D eigenvalue weighted by Crippen LogP contribution is 2.28. The van der Waals surface area contributed by atoms with E-state index in [1.54, 1.807) is 11.3 Å². The summed E-state index contributed by atoms with van der Waals surface area (Å²) >= 11 is 1.72. The minimum Gasteiger partial charge on any atom is -0.393 e. The molecule has 1 aliphatic heterocycles. The summed E-state index contributed by atoms with van der Waals surface area (Å²) in [5.41, 5.74) is 3.40. The number of hydrogen-bond acceptors (Lipinski definition) is 4. The van der Waals surface area contributed by atoms with Gasteiger partial charge in [0.2, 0.25) is 0 Å². The molecule has 1 aromatic carbocycles. The Morgan fingerprint density at radius 2 is 1.77 bits per heavy atom. The van der Waals surface area contributed by atoms with Gasteiger partial charge in [-0.25, -0.2) is 4.68 Å². The van der Waals surface area contributed by atoms with Gasteiger partial charge in [0, 0.05) is 24.2 Å². The Balaban J connectivity index is 1.63. The van der Waals surface area contributed by atoms with Crippen molar-refractivity contribution in [3.8, 4) is 5.69 Å². The van der Waals surface area contributed by atoms with Gasteiger partial charge in [0.25, 0.3) is 0 Å². The number of thiophene rings is 1. The van der Waals surface area contributed by atoms with Gasteiger partial charge in [-0.15, -0.1) is 11.3 Å². The van der Waals surface area contributed by atoms with E-state index in [0.29, 0.717) is 0 Å². The van der Waals surface area contributed by atoms with Crippen LogP contribution in [0.2, 0.25) is 0 Å². The van der Waals surface area contributed by atoms with Crippen LogP contribution in [0.5, 0.6) is 0 Å². The van der Waals surface area contributed by atoms with Gasteiger partial charge in [-0.3, -0.25) is 0 Å². The lowest BCUT2D eigenvalue weighted by Gasteiger charge is -2.31. The highest BCUT2D eigenvalue weighted by Gasteiger charge is 2.17. The minimum atomic E-state index is -0.130. The predicted octanol–water partition coefficient (Wildman–Crippen LogP) is 3.36. The quantitative estimate of drug-likeness (QED) is 0.789.